The highest BCUT2D eigenvalue weighted by Crippen LogP contribution is 2.19. The second kappa shape index (κ2) is 6.60. The summed E-state index contributed by atoms with van der Waals surface area (Å²) in [6, 6.07) is 5.59. The fraction of sp³-hybridized carbons (Fsp3) is 0.571. The van der Waals surface area contributed by atoms with Crippen LogP contribution in [0.25, 0.3) is 0 Å². The maximum absolute atomic E-state index is 13.1. The molecule has 0 radical (unpaired) electrons. The van der Waals surface area contributed by atoms with Crippen molar-refractivity contribution >= 4 is 0 Å². The third-order valence-electron chi connectivity index (χ3n) is 3.79. The monoisotopic (exact) mass is 285 g/mol. The van der Waals surface area contributed by atoms with Crippen molar-refractivity contribution in [3.05, 3.63) is 35.6 Å². The third-order valence-corrected chi connectivity index (χ3v) is 3.79. The zero-order valence-corrected chi connectivity index (χ0v) is 11.1. The molecule has 0 unspecified atom stereocenters. The summed E-state index contributed by atoms with van der Waals surface area (Å²) in [6.45, 7) is 0.308. The molecule has 0 saturated carbocycles. The number of likely N-dealkylation sites (tertiary alicyclic amines) is 1. The fourth-order valence-electron chi connectivity index (χ4n) is 2.60. The molecule has 1 heterocycles. The Labute approximate surface area is 116 Å². The third kappa shape index (κ3) is 3.34. The van der Waals surface area contributed by atoms with Crippen molar-refractivity contribution < 1.29 is 24.8 Å². The van der Waals surface area contributed by atoms with E-state index in [4.69, 9.17) is 0 Å². The molecular formula is C14H20FNO4. The van der Waals surface area contributed by atoms with Gasteiger partial charge in [-0.3, -0.25) is 4.90 Å². The summed E-state index contributed by atoms with van der Waals surface area (Å²) in [5, 5.41) is 38.5. The van der Waals surface area contributed by atoms with Crippen LogP contribution in [0.15, 0.2) is 24.3 Å². The first kappa shape index (κ1) is 15.3. The molecule has 4 N–H and O–H groups in total. The average Bonchev–Trinajstić information content (AvgIpc) is 2.43. The Bertz CT molecular complexity index is 445. The second-order valence-electron chi connectivity index (χ2n) is 5.17. The maximum Gasteiger partial charge on any atom is 0.123 e. The Morgan fingerprint density at radius 2 is 1.95 bits per heavy atom. The van der Waals surface area contributed by atoms with Gasteiger partial charge in [0.25, 0.3) is 0 Å². The molecule has 0 bridgehead atoms. The van der Waals surface area contributed by atoms with E-state index in [0.717, 1.165) is 5.56 Å². The summed E-state index contributed by atoms with van der Waals surface area (Å²) in [4.78, 5) is 1.72. The predicted molar refractivity (Wildman–Crippen MR) is 70.6 cm³/mol. The zero-order valence-electron chi connectivity index (χ0n) is 11.1. The number of benzene rings is 1. The summed E-state index contributed by atoms with van der Waals surface area (Å²) >= 11 is 0. The minimum atomic E-state index is -1.25. The largest absolute Gasteiger partial charge is 0.395 e. The molecular weight excluding hydrogens is 265 g/mol. The molecule has 20 heavy (non-hydrogen) atoms. The molecule has 0 aromatic heterocycles. The van der Waals surface area contributed by atoms with Crippen molar-refractivity contribution in [2.75, 3.05) is 19.7 Å². The quantitative estimate of drug-likeness (QED) is 0.578. The normalized spacial score (nSPS) is 31.4. The molecule has 0 aliphatic carbocycles. The number of aliphatic hydroxyl groups excluding tert-OH is 4. The van der Waals surface area contributed by atoms with Crippen molar-refractivity contribution in [3.63, 3.8) is 0 Å². The zero-order chi connectivity index (χ0) is 14.7. The molecule has 112 valence electrons. The SMILES string of the molecule is OC[C@H]1[C@@H](O)[C@H](O)[C@@H](O)CN1CCc1cccc(F)c1. The fourth-order valence-corrected chi connectivity index (χ4v) is 2.60. The van der Waals surface area contributed by atoms with Gasteiger partial charge in [0.05, 0.1) is 18.8 Å². The Balaban J connectivity index is 2.00. The van der Waals surface area contributed by atoms with E-state index in [1.54, 1.807) is 17.0 Å². The van der Waals surface area contributed by atoms with Crippen LogP contribution >= 0.6 is 0 Å². The molecule has 2 rings (SSSR count). The molecule has 1 saturated heterocycles. The first-order valence-corrected chi connectivity index (χ1v) is 6.66. The van der Waals surface area contributed by atoms with Crippen LogP contribution in [0.5, 0.6) is 0 Å². The number of aliphatic hydroxyl groups is 4. The van der Waals surface area contributed by atoms with Gasteiger partial charge in [0.2, 0.25) is 0 Å². The van der Waals surface area contributed by atoms with Crippen LogP contribution in [0, 0.1) is 5.82 Å². The highest BCUT2D eigenvalue weighted by Gasteiger charge is 2.40. The van der Waals surface area contributed by atoms with Crippen molar-refractivity contribution in [1.29, 1.82) is 0 Å². The topological polar surface area (TPSA) is 84.2 Å². The van der Waals surface area contributed by atoms with Gasteiger partial charge >= 0.3 is 0 Å². The molecule has 0 spiro atoms. The molecule has 4 atom stereocenters. The minimum Gasteiger partial charge on any atom is -0.395 e. The van der Waals surface area contributed by atoms with E-state index >= 15 is 0 Å². The summed E-state index contributed by atoms with van der Waals surface area (Å²) in [6.07, 6.45) is -2.97. The highest BCUT2D eigenvalue weighted by atomic mass is 19.1. The van der Waals surface area contributed by atoms with Crippen molar-refractivity contribution in [3.8, 4) is 0 Å². The summed E-state index contributed by atoms with van der Waals surface area (Å²) < 4.78 is 13.1. The molecule has 6 heteroatoms. The van der Waals surface area contributed by atoms with E-state index in [2.05, 4.69) is 0 Å². The van der Waals surface area contributed by atoms with Crippen LogP contribution < -0.4 is 0 Å². The Kier molecular flexibility index (Phi) is 5.06. The van der Waals surface area contributed by atoms with Gasteiger partial charge in [-0.05, 0) is 24.1 Å². The van der Waals surface area contributed by atoms with E-state index in [1.165, 1.54) is 12.1 Å². The van der Waals surface area contributed by atoms with E-state index < -0.39 is 24.4 Å². The molecule has 1 aliphatic heterocycles. The molecule has 5 nitrogen and oxygen atoms in total. The first-order valence-electron chi connectivity index (χ1n) is 6.66. The van der Waals surface area contributed by atoms with Gasteiger partial charge in [-0.2, -0.15) is 0 Å². The summed E-state index contributed by atoms with van der Waals surface area (Å²) in [5.74, 6) is -0.310. The lowest BCUT2D eigenvalue weighted by atomic mass is 9.94. The number of halogens is 1. The van der Waals surface area contributed by atoms with E-state index in [-0.39, 0.29) is 19.0 Å². The molecule has 1 aromatic rings. The number of hydrogen-bond acceptors (Lipinski definition) is 5. The van der Waals surface area contributed by atoms with Gasteiger partial charge < -0.3 is 20.4 Å². The number of hydrogen-bond donors (Lipinski definition) is 4. The van der Waals surface area contributed by atoms with Crippen LogP contribution in [0.2, 0.25) is 0 Å². The van der Waals surface area contributed by atoms with Crippen LogP contribution in [0.3, 0.4) is 0 Å². The minimum absolute atomic E-state index is 0.165. The van der Waals surface area contributed by atoms with E-state index in [1.807, 2.05) is 0 Å². The second-order valence-corrected chi connectivity index (χ2v) is 5.17. The van der Waals surface area contributed by atoms with Gasteiger partial charge in [-0.25, -0.2) is 4.39 Å². The number of β-amino-alcohol motifs (C(OH)–C–C–N with tert-alkyl or cyclic N) is 1. The average molecular weight is 285 g/mol. The van der Waals surface area contributed by atoms with Gasteiger partial charge in [-0.1, -0.05) is 12.1 Å². The lowest BCUT2D eigenvalue weighted by molar-refractivity contribution is -0.144. The van der Waals surface area contributed by atoms with Crippen LogP contribution in [-0.4, -0.2) is 69.4 Å². The van der Waals surface area contributed by atoms with Gasteiger partial charge in [0.15, 0.2) is 0 Å². The highest BCUT2D eigenvalue weighted by molar-refractivity contribution is 5.16. The van der Waals surface area contributed by atoms with Crippen molar-refractivity contribution in [1.82, 2.24) is 4.90 Å². The smallest absolute Gasteiger partial charge is 0.123 e. The number of nitrogens with zero attached hydrogens (tertiary/aromatic N) is 1. The lowest BCUT2D eigenvalue weighted by Gasteiger charge is -2.43. The molecule has 0 amide bonds. The Morgan fingerprint density at radius 1 is 1.20 bits per heavy atom. The van der Waals surface area contributed by atoms with Crippen molar-refractivity contribution in [2.45, 2.75) is 30.8 Å². The van der Waals surface area contributed by atoms with Gasteiger partial charge in [0.1, 0.15) is 18.0 Å². The Morgan fingerprint density at radius 3 is 2.60 bits per heavy atom. The van der Waals surface area contributed by atoms with Crippen LogP contribution in [0.1, 0.15) is 5.56 Å². The molecule has 1 fully saturated rings. The number of rotatable bonds is 4. The standard InChI is InChI=1S/C14H20FNO4/c15-10-3-1-2-9(6-10)4-5-16-7-12(18)14(20)13(19)11(16)8-17/h1-3,6,11-14,17-20H,4-5,7-8H2/t11-,12-,13+,14+/m0/s1. The lowest BCUT2D eigenvalue weighted by Crippen LogP contribution is -2.62. The van der Waals surface area contributed by atoms with Crippen LogP contribution in [0.4, 0.5) is 4.39 Å². The summed E-state index contributed by atoms with van der Waals surface area (Å²) in [7, 11) is 0. The molecule has 1 aliphatic rings. The maximum atomic E-state index is 13.1. The number of piperidine rings is 1. The van der Waals surface area contributed by atoms with Crippen molar-refractivity contribution in [2.24, 2.45) is 0 Å². The van der Waals surface area contributed by atoms with E-state index in [9.17, 15) is 24.8 Å². The first-order chi connectivity index (χ1) is 9.52. The Hall–Kier alpha value is -1.05. The predicted octanol–water partition coefficient (Wildman–Crippen LogP) is -0.873. The molecule has 1 aromatic carbocycles. The van der Waals surface area contributed by atoms with Gasteiger partial charge in [-0.15, -0.1) is 0 Å². The van der Waals surface area contributed by atoms with Gasteiger partial charge in [0, 0.05) is 13.1 Å². The van der Waals surface area contributed by atoms with E-state index in [0.29, 0.717) is 13.0 Å². The summed E-state index contributed by atoms with van der Waals surface area (Å²) in [5.41, 5.74) is 0.803. The van der Waals surface area contributed by atoms with Crippen LogP contribution in [-0.2, 0) is 6.42 Å².